The zero-order valence-corrected chi connectivity index (χ0v) is 13.0. The van der Waals surface area contributed by atoms with Crippen molar-refractivity contribution in [1.82, 2.24) is 4.57 Å². The summed E-state index contributed by atoms with van der Waals surface area (Å²) in [7, 11) is 0. The number of carbonyl (C=O) groups excluding carboxylic acids is 1. The van der Waals surface area contributed by atoms with E-state index in [0.29, 0.717) is 22.2 Å². The topological polar surface area (TPSA) is 61.4 Å². The van der Waals surface area contributed by atoms with Crippen LogP contribution in [0.5, 0.6) is 5.75 Å². The summed E-state index contributed by atoms with van der Waals surface area (Å²) >= 11 is 0. The minimum Gasteiger partial charge on any atom is -0.408 e. The first kappa shape index (κ1) is 16.8. The molecule has 0 N–H and O–H groups in total. The van der Waals surface area contributed by atoms with E-state index in [4.69, 9.17) is 4.42 Å². The van der Waals surface area contributed by atoms with E-state index in [2.05, 4.69) is 4.74 Å². The van der Waals surface area contributed by atoms with E-state index in [9.17, 15) is 22.8 Å². The van der Waals surface area contributed by atoms with Gasteiger partial charge >= 0.3 is 12.1 Å². The van der Waals surface area contributed by atoms with Gasteiger partial charge in [-0.15, -0.1) is 13.2 Å². The van der Waals surface area contributed by atoms with Gasteiger partial charge in [-0.05, 0) is 42.3 Å². The van der Waals surface area contributed by atoms with Crippen LogP contribution in [0, 0.1) is 0 Å². The summed E-state index contributed by atoms with van der Waals surface area (Å²) < 4.78 is 46.7. The van der Waals surface area contributed by atoms with Crippen LogP contribution in [0.2, 0.25) is 0 Å². The molecule has 0 atom stereocenters. The van der Waals surface area contributed by atoms with Gasteiger partial charge in [0.25, 0.3) is 0 Å². The highest BCUT2D eigenvalue weighted by Crippen LogP contribution is 2.28. The van der Waals surface area contributed by atoms with Crippen molar-refractivity contribution in [2.45, 2.75) is 19.8 Å². The van der Waals surface area contributed by atoms with Crippen molar-refractivity contribution in [3.8, 4) is 16.9 Å². The maximum absolute atomic E-state index is 12.2. The Hall–Kier alpha value is -3.03. The Bertz CT molecular complexity index is 984. The average molecular weight is 351 g/mol. The van der Waals surface area contributed by atoms with Gasteiger partial charge in [0.2, 0.25) is 0 Å². The highest BCUT2D eigenvalue weighted by molar-refractivity contribution is 5.83. The van der Waals surface area contributed by atoms with Crippen molar-refractivity contribution in [3.05, 3.63) is 53.0 Å². The molecule has 130 valence electrons. The van der Waals surface area contributed by atoms with Gasteiger partial charge in [0.05, 0.1) is 12.1 Å². The zero-order chi connectivity index (χ0) is 18.2. The maximum Gasteiger partial charge on any atom is 0.573 e. The summed E-state index contributed by atoms with van der Waals surface area (Å²) in [5.41, 5.74) is 2.05. The normalized spacial score (nSPS) is 11.7. The van der Waals surface area contributed by atoms with Crippen LogP contribution in [-0.4, -0.2) is 16.7 Å². The summed E-state index contributed by atoms with van der Waals surface area (Å²) in [6.07, 6.45) is -4.75. The molecular weight excluding hydrogens is 339 g/mol. The van der Waals surface area contributed by atoms with Crippen LogP contribution in [0.3, 0.4) is 0 Å². The number of rotatable bonds is 4. The van der Waals surface area contributed by atoms with E-state index in [-0.39, 0.29) is 18.1 Å². The number of fused-ring (bicyclic) bond motifs is 1. The summed E-state index contributed by atoms with van der Waals surface area (Å²) in [5, 5.41) is 0. The fraction of sp³-hybridized carbons (Fsp3) is 0.176. The minimum atomic E-state index is -4.75. The predicted octanol–water partition coefficient (Wildman–Crippen LogP) is 3.75. The molecule has 3 aromatic rings. The average Bonchev–Trinajstić information content (AvgIpc) is 2.81. The number of ketones is 1. The SMILES string of the molecule is CC(=O)Cn1c(=O)oc2ccc(-c3ccc(OC(F)(F)F)cc3)cc21. The summed E-state index contributed by atoms with van der Waals surface area (Å²) in [5.74, 6) is -1.17. The van der Waals surface area contributed by atoms with Gasteiger partial charge in [-0.2, -0.15) is 0 Å². The van der Waals surface area contributed by atoms with E-state index in [1.54, 1.807) is 18.2 Å². The monoisotopic (exact) mass is 351 g/mol. The minimum absolute atomic E-state index is 0.117. The number of ether oxygens (including phenoxy) is 1. The molecular formula is C17H12F3NO4. The number of aromatic nitrogens is 1. The molecule has 0 aliphatic heterocycles. The Balaban J connectivity index is 1.98. The molecule has 0 spiro atoms. The molecule has 1 aromatic heterocycles. The molecule has 0 saturated heterocycles. The maximum atomic E-state index is 12.2. The van der Waals surface area contributed by atoms with Crippen molar-refractivity contribution in [2.75, 3.05) is 0 Å². The van der Waals surface area contributed by atoms with Gasteiger partial charge in [0.15, 0.2) is 5.58 Å². The first-order valence-electron chi connectivity index (χ1n) is 7.22. The smallest absolute Gasteiger partial charge is 0.408 e. The van der Waals surface area contributed by atoms with Gasteiger partial charge < -0.3 is 9.15 Å². The van der Waals surface area contributed by atoms with Crippen LogP contribution in [0.15, 0.2) is 51.7 Å². The van der Waals surface area contributed by atoms with Crippen LogP contribution in [0.25, 0.3) is 22.2 Å². The van der Waals surface area contributed by atoms with Gasteiger partial charge in [-0.25, -0.2) is 4.79 Å². The number of oxazole rings is 1. The summed E-state index contributed by atoms with van der Waals surface area (Å²) in [6.45, 7) is 1.24. The van der Waals surface area contributed by atoms with Crippen LogP contribution in [0.4, 0.5) is 13.2 Å². The summed E-state index contributed by atoms with van der Waals surface area (Å²) in [6, 6.07) is 10.2. The van der Waals surface area contributed by atoms with Crippen molar-refractivity contribution in [1.29, 1.82) is 0 Å². The molecule has 0 bridgehead atoms. The molecule has 8 heteroatoms. The van der Waals surface area contributed by atoms with Gasteiger partial charge in [0.1, 0.15) is 11.5 Å². The first-order chi connectivity index (χ1) is 11.7. The standard InChI is InChI=1S/C17H12F3NO4/c1-10(22)9-21-14-8-12(4-7-15(14)24-16(21)23)11-2-5-13(6-3-11)25-17(18,19)20/h2-8H,9H2,1H3. The molecule has 3 rings (SSSR count). The van der Waals surface area contributed by atoms with Gasteiger partial charge in [0, 0.05) is 0 Å². The number of hydrogen-bond acceptors (Lipinski definition) is 4. The molecule has 0 unspecified atom stereocenters. The lowest BCUT2D eigenvalue weighted by atomic mass is 10.1. The van der Waals surface area contributed by atoms with E-state index in [1.807, 2.05) is 0 Å². The van der Waals surface area contributed by atoms with E-state index in [0.717, 1.165) is 0 Å². The number of carbonyl (C=O) groups is 1. The Labute approximate surface area is 139 Å². The molecule has 0 amide bonds. The number of Topliss-reactive ketones (excluding diaryl/α,β-unsaturated/α-hetero) is 1. The number of hydrogen-bond donors (Lipinski definition) is 0. The predicted molar refractivity (Wildman–Crippen MR) is 83.3 cm³/mol. The van der Waals surface area contributed by atoms with Crippen molar-refractivity contribution in [3.63, 3.8) is 0 Å². The van der Waals surface area contributed by atoms with Crippen LogP contribution in [-0.2, 0) is 11.3 Å². The Morgan fingerprint density at radius 3 is 2.36 bits per heavy atom. The fourth-order valence-electron chi connectivity index (χ4n) is 2.46. The number of halogens is 3. The van der Waals surface area contributed by atoms with Gasteiger partial charge in [-0.3, -0.25) is 9.36 Å². The van der Waals surface area contributed by atoms with E-state index in [1.165, 1.54) is 35.8 Å². The molecule has 2 aromatic carbocycles. The first-order valence-corrected chi connectivity index (χ1v) is 7.22. The molecule has 1 heterocycles. The third kappa shape index (κ3) is 3.73. The van der Waals surface area contributed by atoms with Crippen LogP contribution >= 0.6 is 0 Å². The zero-order valence-electron chi connectivity index (χ0n) is 13.0. The number of alkyl halides is 3. The second kappa shape index (κ2) is 6.12. The Morgan fingerprint density at radius 1 is 1.12 bits per heavy atom. The lowest BCUT2D eigenvalue weighted by molar-refractivity contribution is -0.274. The van der Waals surface area contributed by atoms with Crippen LogP contribution in [0.1, 0.15) is 6.92 Å². The number of benzene rings is 2. The third-order valence-electron chi connectivity index (χ3n) is 3.47. The lowest BCUT2D eigenvalue weighted by Crippen LogP contribution is -2.18. The quantitative estimate of drug-likeness (QED) is 0.718. The Morgan fingerprint density at radius 2 is 1.76 bits per heavy atom. The molecule has 0 radical (unpaired) electrons. The second-order valence-electron chi connectivity index (χ2n) is 5.41. The number of nitrogens with zero attached hydrogens (tertiary/aromatic N) is 1. The molecule has 25 heavy (non-hydrogen) atoms. The van der Waals surface area contributed by atoms with E-state index >= 15 is 0 Å². The van der Waals surface area contributed by atoms with Crippen molar-refractivity contribution in [2.24, 2.45) is 0 Å². The van der Waals surface area contributed by atoms with Crippen molar-refractivity contribution >= 4 is 16.9 Å². The van der Waals surface area contributed by atoms with Crippen LogP contribution < -0.4 is 10.5 Å². The second-order valence-corrected chi connectivity index (χ2v) is 5.41. The Kier molecular flexibility index (Phi) is 4.12. The molecule has 0 aliphatic rings. The summed E-state index contributed by atoms with van der Waals surface area (Å²) in [4.78, 5) is 23.1. The van der Waals surface area contributed by atoms with Gasteiger partial charge in [-0.1, -0.05) is 18.2 Å². The molecule has 0 fully saturated rings. The highest BCUT2D eigenvalue weighted by atomic mass is 19.4. The fourth-order valence-corrected chi connectivity index (χ4v) is 2.46. The highest BCUT2D eigenvalue weighted by Gasteiger charge is 2.30. The third-order valence-corrected chi connectivity index (χ3v) is 3.47. The lowest BCUT2D eigenvalue weighted by Gasteiger charge is -2.09. The molecule has 5 nitrogen and oxygen atoms in total. The molecule has 0 saturated carbocycles. The largest absolute Gasteiger partial charge is 0.573 e. The van der Waals surface area contributed by atoms with Crippen molar-refractivity contribution < 1.29 is 27.1 Å². The van der Waals surface area contributed by atoms with E-state index < -0.39 is 12.1 Å². The molecule has 0 aliphatic carbocycles.